The molecule has 2 atom stereocenters. The Hall–Kier alpha value is -4.64. The highest BCUT2D eigenvalue weighted by Gasteiger charge is 2.43. The third-order valence-electron chi connectivity index (χ3n) is 8.75. The Morgan fingerprint density at radius 2 is 1.64 bits per heavy atom. The van der Waals surface area contributed by atoms with Crippen molar-refractivity contribution in [3.8, 4) is 11.8 Å². The van der Waals surface area contributed by atoms with Gasteiger partial charge in [0.15, 0.2) is 0 Å². The molecule has 1 saturated heterocycles. The number of carbonyl (C=O) groups excluding carboxylic acids is 3. The predicted molar refractivity (Wildman–Crippen MR) is 174 cm³/mol. The van der Waals surface area contributed by atoms with Gasteiger partial charge >= 0.3 is 0 Å². The van der Waals surface area contributed by atoms with Gasteiger partial charge in [-0.25, -0.2) is 0 Å². The molecule has 0 aromatic heterocycles. The average molecular weight is 609 g/mol. The van der Waals surface area contributed by atoms with Gasteiger partial charge in [0.1, 0.15) is 24.4 Å². The first-order valence-corrected chi connectivity index (χ1v) is 15.9. The topological polar surface area (TPSA) is 114 Å². The van der Waals surface area contributed by atoms with Crippen LogP contribution in [-0.2, 0) is 27.3 Å². The van der Waals surface area contributed by atoms with Crippen LogP contribution in [0.5, 0.6) is 5.75 Å². The summed E-state index contributed by atoms with van der Waals surface area (Å²) in [6, 6.07) is 21.1. The van der Waals surface area contributed by atoms with Gasteiger partial charge in [-0.1, -0.05) is 87.6 Å². The second-order valence-corrected chi connectivity index (χ2v) is 12.2. The summed E-state index contributed by atoms with van der Waals surface area (Å²) >= 11 is 0. The highest BCUT2D eigenvalue weighted by Crippen LogP contribution is 2.29. The third kappa shape index (κ3) is 8.95. The minimum Gasteiger partial charge on any atom is -0.508 e. The number of amides is 3. The fourth-order valence-electron chi connectivity index (χ4n) is 5.99. The predicted octanol–water partition coefficient (Wildman–Crippen LogP) is 5.82. The van der Waals surface area contributed by atoms with E-state index in [2.05, 4.69) is 18.3 Å². The molecule has 2 N–H and O–H groups in total. The van der Waals surface area contributed by atoms with Crippen LogP contribution in [0.2, 0.25) is 0 Å². The SMILES string of the molecule is CC1CCCCC1.Cc1ccccc1CN1CC(=O)N(C(C(=O)NCCc2ccc(O)cc2)c2ccc(C#N)cc2)[C@@H](C)C1=O. The van der Waals surface area contributed by atoms with Crippen LogP contribution in [0.25, 0.3) is 0 Å². The second kappa shape index (κ2) is 15.9. The van der Waals surface area contributed by atoms with Gasteiger partial charge in [-0.3, -0.25) is 14.4 Å². The van der Waals surface area contributed by atoms with Crippen molar-refractivity contribution >= 4 is 17.7 Å². The van der Waals surface area contributed by atoms with Gasteiger partial charge < -0.3 is 20.2 Å². The zero-order valence-corrected chi connectivity index (χ0v) is 26.5. The minimum absolute atomic E-state index is 0.134. The monoisotopic (exact) mass is 608 g/mol. The number of hydrogen-bond acceptors (Lipinski definition) is 5. The summed E-state index contributed by atoms with van der Waals surface area (Å²) in [5.74, 6) is 0.233. The van der Waals surface area contributed by atoms with Crippen LogP contribution in [0.15, 0.2) is 72.8 Å². The molecule has 8 nitrogen and oxygen atoms in total. The van der Waals surface area contributed by atoms with Gasteiger partial charge in [0.25, 0.3) is 0 Å². The number of rotatable bonds is 8. The van der Waals surface area contributed by atoms with E-state index in [1.54, 1.807) is 55.5 Å². The van der Waals surface area contributed by atoms with Crippen LogP contribution in [0.3, 0.4) is 0 Å². The number of piperazine rings is 1. The van der Waals surface area contributed by atoms with E-state index in [9.17, 15) is 24.8 Å². The number of phenols is 1. The molecule has 1 aliphatic heterocycles. The molecule has 3 amide bonds. The van der Waals surface area contributed by atoms with Crippen LogP contribution in [0.4, 0.5) is 0 Å². The molecule has 0 radical (unpaired) electrons. The molecule has 1 aliphatic carbocycles. The Morgan fingerprint density at radius 3 is 2.24 bits per heavy atom. The molecule has 3 aromatic carbocycles. The van der Waals surface area contributed by atoms with Crippen molar-refractivity contribution in [2.75, 3.05) is 13.1 Å². The van der Waals surface area contributed by atoms with Gasteiger partial charge in [0, 0.05) is 13.1 Å². The zero-order valence-electron chi connectivity index (χ0n) is 26.5. The fourth-order valence-corrected chi connectivity index (χ4v) is 5.99. The van der Waals surface area contributed by atoms with Crippen molar-refractivity contribution in [3.05, 3.63) is 101 Å². The molecule has 8 heteroatoms. The van der Waals surface area contributed by atoms with Crippen molar-refractivity contribution in [3.63, 3.8) is 0 Å². The average Bonchev–Trinajstić information content (AvgIpc) is 3.04. The van der Waals surface area contributed by atoms with E-state index in [0.717, 1.165) is 22.6 Å². The molecular weight excluding hydrogens is 564 g/mol. The largest absolute Gasteiger partial charge is 0.508 e. The van der Waals surface area contributed by atoms with E-state index in [0.29, 0.717) is 30.6 Å². The van der Waals surface area contributed by atoms with Crippen LogP contribution in [0.1, 0.15) is 79.8 Å². The van der Waals surface area contributed by atoms with E-state index in [1.165, 1.54) is 41.9 Å². The number of hydrogen-bond donors (Lipinski definition) is 2. The van der Waals surface area contributed by atoms with Gasteiger partial charge in [-0.2, -0.15) is 5.26 Å². The third-order valence-corrected chi connectivity index (χ3v) is 8.75. The van der Waals surface area contributed by atoms with Crippen LogP contribution < -0.4 is 5.32 Å². The molecular formula is C37H44N4O4. The summed E-state index contributed by atoms with van der Waals surface area (Å²) in [6.45, 7) is 6.45. The summed E-state index contributed by atoms with van der Waals surface area (Å²) in [5, 5.41) is 21.6. The van der Waals surface area contributed by atoms with Gasteiger partial charge in [-0.05, 0) is 72.7 Å². The number of aromatic hydroxyl groups is 1. The van der Waals surface area contributed by atoms with E-state index in [-0.39, 0.29) is 24.1 Å². The van der Waals surface area contributed by atoms with Crippen molar-refractivity contribution in [2.45, 2.75) is 77.9 Å². The Bertz CT molecular complexity index is 1490. The Kier molecular flexibility index (Phi) is 11.7. The minimum atomic E-state index is -1.03. The maximum absolute atomic E-state index is 13.5. The number of phenolic OH excluding ortho intramolecular Hbond substituents is 1. The lowest BCUT2D eigenvalue weighted by molar-refractivity contribution is -0.160. The Labute approximate surface area is 266 Å². The number of nitrogens with zero attached hydrogens (tertiary/aromatic N) is 3. The maximum Gasteiger partial charge on any atom is 0.247 e. The zero-order chi connectivity index (χ0) is 32.3. The lowest BCUT2D eigenvalue weighted by Gasteiger charge is -2.42. The first-order chi connectivity index (χ1) is 21.7. The summed E-state index contributed by atoms with van der Waals surface area (Å²) in [7, 11) is 0. The van der Waals surface area contributed by atoms with E-state index < -0.39 is 18.0 Å². The molecule has 3 aromatic rings. The molecule has 2 aliphatic rings. The maximum atomic E-state index is 13.5. The smallest absolute Gasteiger partial charge is 0.247 e. The number of benzene rings is 3. The molecule has 0 spiro atoms. The standard InChI is InChI=1S/C30H30N4O4.C7H14/c1-20-5-3-4-6-25(20)18-33-19-27(36)34(21(2)30(33)38)28(24-11-7-23(17-31)8-12-24)29(37)32-16-15-22-9-13-26(35)14-10-22;1-7-5-3-2-4-6-7/h3-14,21,28,35H,15-16,18-19H2,1-2H3,(H,32,37);7H,2-6H2,1H3/t21-,28?;/m0./s1. The number of carbonyl (C=O) groups is 3. The molecule has 5 rings (SSSR count). The lowest BCUT2D eigenvalue weighted by Crippen LogP contribution is -2.61. The Morgan fingerprint density at radius 1 is 0.978 bits per heavy atom. The molecule has 2 fully saturated rings. The normalized spacial score (nSPS) is 17.6. The molecule has 45 heavy (non-hydrogen) atoms. The van der Waals surface area contributed by atoms with E-state index in [4.69, 9.17) is 0 Å². The fraction of sp³-hybridized carbons (Fsp3) is 0.405. The first-order valence-electron chi connectivity index (χ1n) is 15.9. The van der Waals surface area contributed by atoms with Crippen LogP contribution in [-0.4, -0.2) is 51.8 Å². The van der Waals surface area contributed by atoms with Gasteiger partial charge in [-0.15, -0.1) is 0 Å². The number of nitriles is 1. The van der Waals surface area contributed by atoms with E-state index in [1.807, 2.05) is 31.2 Å². The molecule has 1 heterocycles. The quantitative estimate of drug-likeness (QED) is 0.335. The molecule has 0 bridgehead atoms. The van der Waals surface area contributed by atoms with Crippen LogP contribution in [0, 0.1) is 24.2 Å². The number of aryl methyl sites for hydroxylation is 1. The van der Waals surface area contributed by atoms with Crippen molar-refractivity contribution < 1.29 is 19.5 Å². The molecule has 1 unspecified atom stereocenters. The summed E-state index contributed by atoms with van der Waals surface area (Å²) in [4.78, 5) is 43.3. The second-order valence-electron chi connectivity index (χ2n) is 12.2. The molecule has 236 valence electrons. The van der Waals surface area contributed by atoms with Crippen molar-refractivity contribution in [1.29, 1.82) is 5.26 Å². The summed E-state index contributed by atoms with van der Waals surface area (Å²) in [5.41, 5.74) is 3.88. The highest BCUT2D eigenvalue weighted by molar-refractivity contribution is 5.98. The lowest BCUT2D eigenvalue weighted by atomic mass is 9.91. The molecule has 1 saturated carbocycles. The number of nitrogens with one attached hydrogen (secondary N) is 1. The van der Waals surface area contributed by atoms with Crippen LogP contribution >= 0.6 is 0 Å². The summed E-state index contributed by atoms with van der Waals surface area (Å²) < 4.78 is 0. The summed E-state index contributed by atoms with van der Waals surface area (Å²) in [6.07, 6.45) is 7.96. The first kappa shape index (κ1) is 33.3. The Balaban J connectivity index is 0.000000580. The highest BCUT2D eigenvalue weighted by atomic mass is 16.3. The van der Waals surface area contributed by atoms with E-state index >= 15 is 0 Å². The van der Waals surface area contributed by atoms with Crippen molar-refractivity contribution in [2.24, 2.45) is 5.92 Å². The van der Waals surface area contributed by atoms with Crippen molar-refractivity contribution in [1.82, 2.24) is 15.1 Å². The van der Waals surface area contributed by atoms with Gasteiger partial charge in [0.2, 0.25) is 17.7 Å². The van der Waals surface area contributed by atoms with Gasteiger partial charge in [0.05, 0.1) is 11.6 Å².